The maximum atomic E-state index is 11.9. The molecule has 0 spiro atoms. The number of allylic oxidation sites excluding steroid dienone is 8. The lowest BCUT2D eigenvalue weighted by atomic mass is 10.2. The van der Waals surface area contributed by atoms with Crippen molar-refractivity contribution in [1.82, 2.24) is 0 Å². The summed E-state index contributed by atoms with van der Waals surface area (Å²) in [6, 6.07) is 0. The van der Waals surface area contributed by atoms with Crippen molar-refractivity contribution in [3.05, 3.63) is 48.6 Å². The van der Waals surface area contributed by atoms with Gasteiger partial charge in [-0.05, 0) is 44.9 Å². The van der Waals surface area contributed by atoms with Crippen molar-refractivity contribution in [3.63, 3.8) is 0 Å². The highest BCUT2D eigenvalue weighted by Gasteiger charge is 2.24. The summed E-state index contributed by atoms with van der Waals surface area (Å²) in [5.74, 6) is -0.505. The highest BCUT2D eigenvalue weighted by Crippen LogP contribution is 2.42. The van der Waals surface area contributed by atoms with Crippen LogP contribution in [-0.4, -0.2) is 48.4 Å². The summed E-state index contributed by atoms with van der Waals surface area (Å²) in [5, 5.41) is 9.25. The number of carbonyl (C=O) groups is 1. The van der Waals surface area contributed by atoms with Crippen molar-refractivity contribution in [2.75, 3.05) is 26.4 Å². The van der Waals surface area contributed by atoms with Crippen molar-refractivity contribution >= 4 is 13.8 Å². The van der Waals surface area contributed by atoms with Gasteiger partial charge in [-0.1, -0.05) is 68.4 Å². The number of carbonyl (C=O) groups excluding carboxylic acids is 1. The van der Waals surface area contributed by atoms with E-state index in [4.69, 9.17) is 15.0 Å². The number of phosphoric ester groups is 1. The minimum Gasteiger partial charge on any atom is -0.457 e. The summed E-state index contributed by atoms with van der Waals surface area (Å²) in [7, 11) is -4.28. The van der Waals surface area contributed by atoms with Gasteiger partial charge in [-0.3, -0.25) is 13.8 Å². The molecule has 4 N–H and O–H groups in total. The van der Waals surface area contributed by atoms with Crippen LogP contribution in [-0.2, 0) is 23.1 Å². The van der Waals surface area contributed by atoms with Crippen molar-refractivity contribution in [3.8, 4) is 0 Å². The van der Waals surface area contributed by atoms with Crippen LogP contribution < -0.4 is 5.73 Å². The van der Waals surface area contributed by atoms with Crippen LogP contribution in [0.2, 0.25) is 0 Å². The minimum absolute atomic E-state index is 0.0613. The Morgan fingerprint density at radius 1 is 0.912 bits per heavy atom. The van der Waals surface area contributed by atoms with Gasteiger partial charge in [-0.2, -0.15) is 0 Å². The van der Waals surface area contributed by atoms with Crippen molar-refractivity contribution < 1.29 is 33.1 Å². The topological polar surface area (TPSA) is 128 Å². The van der Waals surface area contributed by atoms with Crippen LogP contribution in [0.5, 0.6) is 0 Å². The standard InChI is InChI=1S/C25H44NO7P/c1-2-3-4-5-6-7-8-9-10-11-12-13-14-15-16-17-18-19-25(28)33-24(22-27)23-32-34(29,30)31-21-20-26/h6-7,9-10,12-13,15-16,24,27H,2-5,8,11,14,17-23,26H2,1H3,(H,29,30)/b7-6-,10-9-,13-12-,16-15-/t24-/m1/s1. The number of hydrogen-bond acceptors (Lipinski definition) is 7. The molecule has 0 heterocycles. The lowest BCUT2D eigenvalue weighted by Crippen LogP contribution is -2.27. The molecule has 8 nitrogen and oxygen atoms in total. The summed E-state index contributed by atoms with van der Waals surface area (Å²) < 4.78 is 25.9. The Balaban J connectivity index is 3.82. The Bertz CT molecular complexity index is 662. The molecule has 0 aliphatic heterocycles. The molecule has 0 radical (unpaired) electrons. The number of ether oxygens (including phenoxy) is 1. The normalized spacial score (nSPS) is 15.1. The molecule has 0 aromatic carbocycles. The average Bonchev–Trinajstić information content (AvgIpc) is 2.82. The van der Waals surface area contributed by atoms with Gasteiger partial charge in [0.05, 0.1) is 19.8 Å². The quantitative estimate of drug-likeness (QED) is 0.0806. The zero-order chi connectivity index (χ0) is 25.3. The Kier molecular flexibility index (Phi) is 22.2. The van der Waals surface area contributed by atoms with Gasteiger partial charge >= 0.3 is 13.8 Å². The molecular weight excluding hydrogens is 457 g/mol. The molecule has 0 fully saturated rings. The van der Waals surface area contributed by atoms with E-state index in [9.17, 15) is 19.4 Å². The molecule has 0 aliphatic rings. The highest BCUT2D eigenvalue weighted by molar-refractivity contribution is 7.47. The van der Waals surface area contributed by atoms with Gasteiger partial charge in [-0.25, -0.2) is 4.57 Å². The third-order valence-corrected chi connectivity index (χ3v) is 5.49. The number of unbranched alkanes of at least 4 members (excludes halogenated alkanes) is 4. The van der Waals surface area contributed by atoms with Crippen LogP contribution in [0.1, 0.15) is 71.1 Å². The number of hydrogen-bond donors (Lipinski definition) is 3. The summed E-state index contributed by atoms with van der Waals surface area (Å²) in [4.78, 5) is 21.3. The van der Waals surface area contributed by atoms with E-state index in [0.29, 0.717) is 6.42 Å². The number of aliphatic hydroxyl groups is 1. The van der Waals surface area contributed by atoms with Crippen molar-refractivity contribution in [2.24, 2.45) is 5.73 Å². The zero-order valence-corrected chi connectivity index (χ0v) is 21.5. The number of nitrogens with two attached hydrogens (primary N) is 1. The van der Waals surface area contributed by atoms with E-state index in [1.165, 1.54) is 25.7 Å². The Hall–Kier alpha value is -1.54. The van der Waals surface area contributed by atoms with Crippen molar-refractivity contribution in [1.29, 1.82) is 0 Å². The Morgan fingerprint density at radius 3 is 2.00 bits per heavy atom. The molecular formula is C25H44NO7P. The second-order valence-electron chi connectivity index (χ2n) is 7.66. The van der Waals surface area contributed by atoms with Crippen LogP contribution in [0.4, 0.5) is 0 Å². The molecule has 0 bridgehead atoms. The molecule has 0 saturated heterocycles. The summed E-state index contributed by atoms with van der Waals surface area (Å²) in [6.45, 7) is 1.16. The highest BCUT2D eigenvalue weighted by atomic mass is 31.2. The minimum atomic E-state index is -4.28. The van der Waals surface area contributed by atoms with Crippen molar-refractivity contribution in [2.45, 2.75) is 77.2 Å². The number of esters is 1. The molecule has 0 saturated carbocycles. The second kappa shape index (κ2) is 23.2. The molecule has 34 heavy (non-hydrogen) atoms. The van der Waals surface area contributed by atoms with E-state index in [1.54, 1.807) is 0 Å². The van der Waals surface area contributed by atoms with Crippen LogP contribution in [0.15, 0.2) is 48.6 Å². The van der Waals surface area contributed by atoms with Gasteiger partial charge in [0.1, 0.15) is 6.10 Å². The van der Waals surface area contributed by atoms with E-state index < -0.39 is 33.1 Å². The second-order valence-corrected chi connectivity index (χ2v) is 9.11. The number of rotatable bonds is 22. The van der Waals surface area contributed by atoms with Crippen LogP contribution >= 0.6 is 7.82 Å². The predicted octanol–water partition coefficient (Wildman–Crippen LogP) is 5.13. The Labute approximate surface area is 205 Å². The first-order valence-corrected chi connectivity index (χ1v) is 13.7. The fourth-order valence-corrected chi connectivity index (χ4v) is 3.44. The summed E-state index contributed by atoms with van der Waals surface area (Å²) in [6.07, 6.45) is 25.4. The third kappa shape index (κ3) is 22.3. The van der Waals surface area contributed by atoms with Gasteiger partial charge in [0.2, 0.25) is 0 Å². The van der Waals surface area contributed by atoms with E-state index in [2.05, 4.69) is 54.0 Å². The summed E-state index contributed by atoms with van der Waals surface area (Å²) >= 11 is 0. The fourth-order valence-electron chi connectivity index (χ4n) is 2.68. The van der Waals surface area contributed by atoms with E-state index in [0.717, 1.165) is 25.7 Å². The first-order valence-electron chi connectivity index (χ1n) is 12.2. The average molecular weight is 502 g/mol. The molecule has 0 aliphatic carbocycles. The maximum Gasteiger partial charge on any atom is 0.472 e. The fraction of sp³-hybridized carbons (Fsp3) is 0.640. The molecule has 0 aromatic rings. The molecule has 1 unspecified atom stereocenters. The lowest BCUT2D eigenvalue weighted by Gasteiger charge is -2.17. The van der Waals surface area contributed by atoms with Crippen LogP contribution in [0, 0.1) is 0 Å². The third-order valence-electron chi connectivity index (χ3n) is 4.51. The Morgan fingerprint density at radius 2 is 1.47 bits per heavy atom. The van der Waals surface area contributed by atoms with Gasteiger partial charge in [0.25, 0.3) is 0 Å². The SMILES string of the molecule is CCCCC/C=C\C/C=C\C/C=C\C/C=C\CCCC(=O)O[C@H](CO)COP(=O)(O)OCCN. The monoisotopic (exact) mass is 501 g/mol. The van der Waals surface area contributed by atoms with Crippen LogP contribution in [0.25, 0.3) is 0 Å². The maximum absolute atomic E-state index is 11.9. The smallest absolute Gasteiger partial charge is 0.457 e. The molecule has 0 rings (SSSR count). The van der Waals surface area contributed by atoms with Gasteiger partial charge in [-0.15, -0.1) is 0 Å². The molecule has 196 valence electrons. The van der Waals surface area contributed by atoms with Gasteiger partial charge < -0.3 is 20.5 Å². The molecule has 0 aromatic heterocycles. The van der Waals surface area contributed by atoms with Gasteiger partial charge in [0, 0.05) is 13.0 Å². The molecule has 9 heteroatoms. The zero-order valence-electron chi connectivity index (χ0n) is 20.6. The number of aliphatic hydroxyl groups excluding tert-OH is 1. The number of phosphoric acid groups is 1. The first kappa shape index (κ1) is 32.5. The first-order chi connectivity index (χ1) is 16.4. The molecule has 0 amide bonds. The predicted molar refractivity (Wildman–Crippen MR) is 136 cm³/mol. The largest absolute Gasteiger partial charge is 0.472 e. The summed E-state index contributed by atoms with van der Waals surface area (Å²) in [5.41, 5.74) is 5.19. The lowest BCUT2D eigenvalue weighted by molar-refractivity contribution is -0.153. The van der Waals surface area contributed by atoms with E-state index >= 15 is 0 Å². The van der Waals surface area contributed by atoms with Gasteiger partial charge in [0.15, 0.2) is 0 Å². The van der Waals surface area contributed by atoms with Crippen LogP contribution in [0.3, 0.4) is 0 Å². The van der Waals surface area contributed by atoms with E-state index in [1.807, 2.05) is 6.08 Å². The molecule has 2 atom stereocenters. The van der Waals surface area contributed by atoms with E-state index in [-0.39, 0.29) is 19.6 Å².